The van der Waals surface area contributed by atoms with E-state index in [1.54, 1.807) is 19.2 Å². The summed E-state index contributed by atoms with van der Waals surface area (Å²) in [5.41, 5.74) is 7.57. The second-order valence-corrected chi connectivity index (χ2v) is 3.46. The molecule has 3 N–H and O–H groups in total. The standard InChI is InChI=1S/C11H11N5O/c1-7-4-15-10(6-14-7)11(17)16-9-2-3-13-5-8(9)12/h2-6H,12H2,1H3,(H,13,16,17). The number of rotatable bonds is 2. The summed E-state index contributed by atoms with van der Waals surface area (Å²) in [6, 6.07) is 1.62. The zero-order chi connectivity index (χ0) is 12.3. The fourth-order valence-corrected chi connectivity index (χ4v) is 1.22. The van der Waals surface area contributed by atoms with Gasteiger partial charge in [-0.25, -0.2) is 4.98 Å². The van der Waals surface area contributed by atoms with Crippen LogP contribution in [0, 0.1) is 6.92 Å². The zero-order valence-electron chi connectivity index (χ0n) is 9.21. The number of carbonyl (C=O) groups excluding carboxylic acids is 1. The third-order valence-corrected chi connectivity index (χ3v) is 2.11. The highest BCUT2D eigenvalue weighted by molar-refractivity contribution is 6.04. The van der Waals surface area contributed by atoms with Crippen LogP contribution in [0.1, 0.15) is 16.2 Å². The van der Waals surface area contributed by atoms with E-state index in [0.717, 1.165) is 5.69 Å². The highest BCUT2D eigenvalue weighted by Gasteiger charge is 2.09. The van der Waals surface area contributed by atoms with E-state index in [1.165, 1.54) is 18.6 Å². The lowest BCUT2D eigenvalue weighted by atomic mass is 10.3. The lowest BCUT2D eigenvalue weighted by Crippen LogP contribution is -2.15. The maximum atomic E-state index is 11.8. The molecule has 2 rings (SSSR count). The second kappa shape index (κ2) is 4.56. The van der Waals surface area contributed by atoms with Gasteiger partial charge in [-0.1, -0.05) is 0 Å². The van der Waals surface area contributed by atoms with Gasteiger partial charge in [0.2, 0.25) is 0 Å². The number of hydrogen-bond donors (Lipinski definition) is 2. The van der Waals surface area contributed by atoms with Crippen LogP contribution >= 0.6 is 0 Å². The Hall–Kier alpha value is -2.50. The minimum atomic E-state index is -0.351. The van der Waals surface area contributed by atoms with Crippen molar-refractivity contribution in [3.63, 3.8) is 0 Å². The average molecular weight is 229 g/mol. The first-order chi connectivity index (χ1) is 8.16. The number of anilines is 2. The molecule has 0 aliphatic heterocycles. The second-order valence-electron chi connectivity index (χ2n) is 3.46. The maximum Gasteiger partial charge on any atom is 0.275 e. The molecular formula is C11H11N5O. The quantitative estimate of drug-likeness (QED) is 0.801. The highest BCUT2D eigenvalue weighted by atomic mass is 16.1. The van der Waals surface area contributed by atoms with Gasteiger partial charge in [-0.3, -0.25) is 14.8 Å². The minimum absolute atomic E-state index is 0.242. The van der Waals surface area contributed by atoms with Gasteiger partial charge in [0.1, 0.15) is 5.69 Å². The van der Waals surface area contributed by atoms with E-state index in [9.17, 15) is 4.79 Å². The van der Waals surface area contributed by atoms with Crippen LogP contribution in [0.25, 0.3) is 0 Å². The lowest BCUT2D eigenvalue weighted by Gasteiger charge is -2.06. The topological polar surface area (TPSA) is 93.8 Å². The van der Waals surface area contributed by atoms with Crippen molar-refractivity contribution in [2.24, 2.45) is 0 Å². The van der Waals surface area contributed by atoms with E-state index in [1.807, 2.05) is 0 Å². The van der Waals surface area contributed by atoms with Crippen molar-refractivity contribution < 1.29 is 4.79 Å². The summed E-state index contributed by atoms with van der Waals surface area (Å²) in [5, 5.41) is 2.64. The Balaban J connectivity index is 2.17. The summed E-state index contributed by atoms with van der Waals surface area (Å²) >= 11 is 0. The molecule has 2 aromatic rings. The fraction of sp³-hybridized carbons (Fsp3) is 0.0909. The summed E-state index contributed by atoms with van der Waals surface area (Å²) < 4.78 is 0. The first-order valence-corrected chi connectivity index (χ1v) is 4.96. The Morgan fingerprint density at radius 2 is 2.12 bits per heavy atom. The Kier molecular flexibility index (Phi) is 2.95. The molecule has 0 saturated carbocycles. The normalized spacial score (nSPS) is 9.94. The molecule has 17 heavy (non-hydrogen) atoms. The van der Waals surface area contributed by atoms with Crippen molar-refractivity contribution in [2.45, 2.75) is 6.92 Å². The Morgan fingerprint density at radius 3 is 2.76 bits per heavy atom. The van der Waals surface area contributed by atoms with E-state index in [4.69, 9.17) is 5.73 Å². The number of carbonyl (C=O) groups is 1. The Labute approximate surface area is 97.9 Å². The van der Waals surface area contributed by atoms with Crippen LogP contribution in [0.5, 0.6) is 0 Å². The van der Waals surface area contributed by atoms with Crippen LogP contribution in [0.4, 0.5) is 11.4 Å². The van der Waals surface area contributed by atoms with E-state index >= 15 is 0 Å². The van der Waals surface area contributed by atoms with Crippen LogP contribution in [0.2, 0.25) is 0 Å². The number of hydrogen-bond acceptors (Lipinski definition) is 5. The Morgan fingerprint density at radius 1 is 1.29 bits per heavy atom. The first kappa shape index (κ1) is 11.0. The molecule has 2 aromatic heterocycles. The van der Waals surface area contributed by atoms with Crippen molar-refractivity contribution >= 4 is 17.3 Å². The van der Waals surface area contributed by atoms with Gasteiger partial charge in [0.05, 0.1) is 29.5 Å². The number of nitrogens with zero attached hydrogens (tertiary/aromatic N) is 3. The maximum absolute atomic E-state index is 11.8. The predicted octanol–water partition coefficient (Wildman–Crippen LogP) is 1.01. The average Bonchev–Trinajstić information content (AvgIpc) is 2.33. The molecule has 0 aliphatic rings. The fourth-order valence-electron chi connectivity index (χ4n) is 1.22. The molecule has 0 fully saturated rings. The van der Waals surface area contributed by atoms with Crippen molar-refractivity contribution in [1.29, 1.82) is 0 Å². The largest absolute Gasteiger partial charge is 0.396 e. The number of aromatic nitrogens is 3. The van der Waals surface area contributed by atoms with E-state index < -0.39 is 0 Å². The molecule has 0 bridgehead atoms. The number of nitrogen functional groups attached to an aromatic ring is 1. The van der Waals surface area contributed by atoms with E-state index in [0.29, 0.717) is 11.4 Å². The summed E-state index contributed by atoms with van der Waals surface area (Å²) in [6.45, 7) is 1.80. The summed E-state index contributed by atoms with van der Waals surface area (Å²) in [7, 11) is 0. The SMILES string of the molecule is Cc1cnc(C(=O)Nc2ccncc2N)cn1. The van der Waals surface area contributed by atoms with Gasteiger partial charge in [0.15, 0.2) is 0 Å². The molecule has 0 spiro atoms. The summed E-state index contributed by atoms with van der Waals surface area (Å²) in [6.07, 6.45) is 5.97. The van der Waals surface area contributed by atoms with Gasteiger partial charge in [-0.15, -0.1) is 0 Å². The van der Waals surface area contributed by atoms with Crippen LogP contribution in [0.15, 0.2) is 30.9 Å². The smallest absolute Gasteiger partial charge is 0.275 e. The van der Waals surface area contributed by atoms with Crippen LogP contribution in [-0.4, -0.2) is 20.9 Å². The van der Waals surface area contributed by atoms with Gasteiger partial charge in [-0.05, 0) is 13.0 Å². The molecule has 0 radical (unpaired) electrons. The van der Waals surface area contributed by atoms with Gasteiger partial charge in [-0.2, -0.15) is 0 Å². The number of amides is 1. The number of aryl methyl sites for hydroxylation is 1. The van der Waals surface area contributed by atoms with E-state index in [2.05, 4.69) is 20.3 Å². The monoisotopic (exact) mass is 229 g/mol. The number of nitrogens with one attached hydrogen (secondary N) is 1. The van der Waals surface area contributed by atoms with Crippen molar-refractivity contribution in [1.82, 2.24) is 15.0 Å². The third kappa shape index (κ3) is 2.54. The van der Waals surface area contributed by atoms with Gasteiger partial charge < -0.3 is 11.1 Å². The van der Waals surface area contributed by atoms with Gasteiger partial charge in [0, 0.05) is 12.4 Å². The third-order valence-electron chi connectivity index (χ3n) is 2.11. The van der Waals surface area contributed by atoms with Crippen molar-refractivity contribution in [2.75, 3.05) is 11.1 Å². The van der Waals surface area contributed by atoms with Gasteiger partial charge in [0.25, 0.3) is 5.91 Å². The predicted molar refractivity (Wildman–Crippen MR) is 63.4 cm³/mol. The number of nitrogens with two attached hydrogens (primary N) is 1. The van der Waals surface area contributed by atoms with E-state index in [-0.39, 0.29) is 11.6 Å². The molecular weight excluding hydrogens is 218 g/mol. The molecule has 6 nitrogen and oxygen atoms in total. The molecule has 0 aliphatic carbocycles. The van der Waals surface area contributed by atoms with Crippen molar-refractivity contribution in [3.05, 3.63) is 42.2 Å². The molecule has 86 valence electrons. The van der Waals surface area contributed by atoms with Crippen LogP contribution in [0.3, 0.4) is 0 Å². The van der Waals surface area contributed by atoms with Crippen LogP contribution < -0.4 is 11.1 Å². The minimum Gasteiger partial charge on any atom is -0.396 e. The molecule has 6 heteroatoms. The Bertz CT molecular complexity index is 538. The molecule has 1 amide bonds. The lowest BCUT2D eigenvalue weighted by molar-refractivity contribution is 0.102. The summed E-state index contributed by atoms with van der Waals surface area (Å²) in [4.78, 5) is 23.6. The van der Waals surface area contributed by atoms with Crippen LogP contribution in [-0.2, 0) is 0 Å². The first-order valence-electron chi connectivity index (χ1n) is 4.96. The molecule has 0 atom stereocenters. The zero-order valence-corrected chi connectivity index (χ0v) is 9.21. The molecule has 2 heterocycles. The van der Waals surface area contributed by atoms with Gasteiger partial charge >= 0.3 is 0 Å². The molecule has 0 aromatic carbocycles. The highest BCUT2D eigenvalue weighted by Crippen LogP contribution is 2.15. The summed E-state index contributed by atoms with van der Waals surface area (Å²) in [5.74, 6) is -0.351. The molecule has 0 unspecified atom stereocenters. The number of pyridine rings is 1. The molecule has 0 saturated heterocycles. The van der Waals surface area contributed by atoms with Crippen molar-refractivity contribution in [3.8, 4) is 0 Å².